The molecule has 0 saturated carbocycles. The summed E-state index contributed by atoms with van der Waals surface area (Å²) in [6.45, 7) is 3.94. The Balaban J connectivity index is 2.98. The minimum absolute atomic E-state index is 0.0195. The van der Waals surface area contributed by atoms with Gasteiger partial charge in [-0.3, -0.25) is 4.79 Å². The van der Waals surface area contributed by atoms with E-state index >= 15 is 0 Å². The molecule has 0 bridgehead atoms. The molecule has 7 heteroatoms. The highest BCUT2D eigenvalue weighted by atomic mass is 35.5. The lowest BCUT2D eigenvalue weighted by atomic mass is 10.2. The van der Waals surface area contributed by atoms with Gasteiger partial charge in [-0.15, -0.1) is 11.6 Å². The number of rotatable bonds is 6. The van der Waals surface area contributed by atoms with Crippen LogP contribution in [0.3, 0.4) is 0 Å². The van der Waals surface area contributed by atoms with Gasteiger partial charge in [0.25, 0.3) is 0 Å². The molecule has 1 rings (SSSR count). The van der Waals surface area contributed by atoms with Gasteiger partial charge in [0.2, 0.25) is 10.0 Å². The first-order valence-corrected chi connectivity index (χ1v) is 7.68. The minimum Gasteiger partial charge on any atom is -0.347 e. The summed E-state index contributed by atoms with van der Waals surface area (Å²) >= 11 is 5.53. The van der Waals surface area contributed by atoms with Crippen LogP contribution in [0.5, 0.6) is 0 Å². The lowest BCUT2D eigenvalue weighted by Gasteiger charge is -2.09. The Hall–Kier alpha value is -0.850. The normalized spacial score (nSPS) is 11.8. The lowest BCUT2D eigenvalue weighted by Crippen LogP contribution is -2.25. The molecule has 1 aromatic heterocycles. The molecule has 0 radical (unpaired) electrons. The van der Waals surface area contributed by atoms with E-state index in [1.54, 1.807) is 13.0 Å². The number of aromatic nitrogens is 1. The fourth-order valence-corrected chi connectivity index (χ4v) is 2.58. The van der Waals surface area contributed by atoms with E-state index in [0.29, 0.717) is 12.1 Å². The van der Waals surface area contributed by atoms with Gasteiger partial charge in [0.15, 0.2) is 5.78 Å². The van der Waals surface area contributed by atoms with Crippen molar-refractivity contribution in [3.05, 3.63) is 23.0 Å². The van der Waals surface area contributed by atoms with Crippen molar-refractivity contribution in [1.82, 2.24) is 9.29 Å². The van der Waals surface area contributed by atoms with Gasteiger partial charge in [-0.1, -0.05) is 0 Å². The van der Waals surface area contributed by atoms with Crippen molar-refractivity contribution in [3.63, 3.8) is 0 Å². The summed E-state index contributed by atoms with van der Waals surface area (Å²) in [6.07, 6.45) is 0. The molecule has 1 heterocycles. The van der Waals surface area contributed by atoms with E-state index in [1.807, 2.05) is 11.5 Å². The van der Waals surface area contributed by atoms with Crippen LogP contribution in [0.25, 0.3) is 0 Å². The Labute approximate surface area is 112 Å². The number of halogens is 1. The van der Waals surface area contributed by atoms with Gasteiger partial charge >= 0.3 is 0 Å². The monoisotopic (exact) mass is 292 g/mol. The number of ketones is 1. The number of carbonyl (C=O) groups excluding carboxylic acids is 1. The van der Waals surface area contributed by atoms with Crippen molar-refractivity contribution >= 4 is 27.4 Å². The van der Waals surface area contributed by atoms with E-state index < -0.39 is 10.0 Å². The van der Waals surface area contributed by atoms with E-state index in [0.717, 1.165) is 11.4 Å². The third-order valence-electron chi connectivity index (χ3n) is 2.89. The Morgan fingerprint density at radius 3 is 2.56 bits per heavy atom. The summed E-state index contributed by atoms with van der Waals surface area (Å²) in [6, 6.07) is 1.74. The summed E-state index contributed by atoms with van der Waals surface area (Å²) in [5.41, 5.74) is 2.17. The molecule has 0 aliphatic rings. The van der Waals surface area contributed by atoms with Crippen LogP contribution in [0.4, 0.5) is 0 Å². The number of nitrogens with one attached hydrogen (secondary N) is 1. The molecule has 0 unspecified atom stereocenters. The number of alkyl halides is 1. The first kappa shape index (κ1) is 15.2. The van der Waals surface area contributed by atoms with Crippen LogP contribution in [-0.2, 0) is 16.6 Å². The quantitative estimate of drug-likeness (QED) is 0.630. The second-order valence-electron chi connectivity index (χ2n) is 4.02. The van der Waals surface area contributed by atoms with Gasteiger partial charge in [-0.25, -0.2) is 13.1 Å². The molecule has 18 heavy (non-hydrogen) atoms. The number of hydrogen-bond acceptors (Lipinski definition) is 3. The zero-order valence-electron chi connectivity index (χ0n) is 10.7. The number of Topliss-reactive ketones (excluding diaryl/α,β-unsaturated/α-hetero) is 1. The highest BCUT2D eigenvalue weighted by Gasteiger charge is 2.16. The average molecular weight is 293 g/mol. The van der Waals surface area contributed by atoms with Gasteiger partial charge in [0.05, 0.1) is 11.6 Å². The zero-order chi connectivity index (χ0) is 13.9. The Bertz CT molecular complexity index is 549. The molecule has 5 nitrogen and oxygen atoms in total. The summed E-state index contributed by atoms with van der Waals surface area (Å²) in [7, 11) is -1.87. The van der Waals surface area contributed by atoms with Gasteiger partial charge in [0, 0.05) is 23.5 Å². The standard InChI is InChI=1S/C11H17ClN2O3S/c1-8-6-10(11(15)7-12)9(2)14(8)4-5-18(16,17)13-3/h6,13H,4-5,7H2,1-3H3. The van der Waals surface area contributed by atoms with Gasteiger partial charge in [-0.2, -0.15) is 0 Å². The molecule has 0 aromatic carbocycles. The van der Waals surface area contributed by atoms with Crippen LogP contribution in [-0.4, -0.2) is 37.4 Å². The Morgan fingerprint density at radius 2 is 2.06 bits per heavy atom. The molecule has 0 spiro atoms. The van der Waals surface area contributed by atoms with Crippen molar-refractivity contribution in [1.29, 1.82) is 0 Å². The third-order valence-corrected chi connectivity index (χ3v) is 4.47. The molecule has 0 saturated heterocycles. The first-order chi connectivity index (χ1) is 8.32. The Kier molecular flexibility index (Phi) is 4.95. The van der Waals surface area contributed by atoms with E-state index in [-0.39, 0.29) is 17.4 Å². The van der Waals surface area contributed by atoms with Crippen molar-refractivity contribution < 1.29 is 13.2 Å². The smallest absolute Gasteiger partial charge is 0.213 e. The van der Waals surface area contributed by atoms with E-state index in [1.165, 1.54) is 7.05 Å². The van der Waals surface area contributed by atoms with Crippen molar-refractivity contribution in [2.75, 3.05) is 18.7 Å². The fraction of sp³-hybridized carbons (Fsp3) is 0.545. The summed E-state index contributed by atoms with van der Waals surface area (Å²) in [5, 5.41) is 0. The van der Waals surface area contributed by atoms with Crippen LogP contribution < -0.4 is 4.72 Å². The maximum absolute atomic E-state index is 11.6. The number of aryl methyl sites for hydroxylation is 1. The van der Waals surface area contributed by atoms with Gasteiger partial charge in [-0.05, 0) is 27.0 Å². The van der Waals surface area contributed by atoms with Gasteiger partial charge in [0.1, 0.15) is 0 Å². The molecule has 0 atom stereocenters. The van der Waals surface area contributed by atoms with Crippen LogP contribution in [0.15, 0.2) is 6.07 Å². The average Bonchev–Trinajstić information content (AvgIpc) is 2.62. The van der Waals surface area contributed by atoms with E-state index in [9.17, 15) is 13.2 Å². The van der Waals surface area contributed by atoms with Crippen LogP contribution in [0.2, 0.25) is 0 Å². The maximum Gasteiger partial charge on any atom is 0.213 e. The highest BCUT2D eigenvalue weighted by molar-refractivity contribution is 7.89. The lowest BCUT2D eigenvalue weighted by molar-refractivity contribution is 0.102. The summed E-state index contributed by atoms with van der Waals surface area (Å²) < 4.78 is 26.8. The van der Waals surface area contributed by atoms with Gasteiger partial charge < -0.3 is 4.57 Å². The second-order valence-corrected chi connectivity index (χ2v) is 6.33. The molecule has 102 valence electrons. The summed E-state index contributed by atoms with van der Waals surface area (Å²) in [4.78, 5) is 11.6. The summed E-state index contributed by atoms with van der Waals surface area (Å²) in [5.74, 6) is -0.236. The van der Waals surface area contributed by atoms with Crippen molar-refractivity contribution in [3.8, 4) is 0 Å². The zero-order valence-corrected chi connectivity index (χ0v) is 12.2. The molecule has 1 aromatic rings. The largest absolute Gasteiger partial charge is 0.347 e. The number of hydrogen-bond donors (Lipinski definition) is 1. The van der Waals surface area contributed by atoms with Crippen LogP contribution in [0.1, 0.15) is 21.7 Å². The minimum atomic E-state index is -3.25. The molecule has 0 aliphatic heterocycles. The molecule has 0 amide bonds. The molecule has 1 N–H and O–H groups in total. The van der Waals surface area contributed by atoms with E-state index in [2.05, 4.69) is 4.72 Å². The van der Waals surface area contributed by atoms with Crippen LogP contribution in [0, 0.1) is 13.8 Å². The molecule has 0 fully saturated rings. The molecular weight excluding hydrogens is 276 g/mol. The SMILES string of the molecule is CNS(=O)(=O)CCn1c(C)cc(C(=O)CCl)c1C. The number of sulfonamides is 1. The van der Waals surface area contributed by atoms with E-state index in [4.69, 9.17) is 11.6 Å². The van der Waals surface area contributed by atoms with Crippen molar-refractivity contribution in [2.45, 2.75) is 20.4 Å². The van der Waals surface area contributed by atoms with Crippen LogP contribution >= 0.6 is 11.6 Å². The predicted octanol–water partition coefficient (Wildman–Crippen LogP) is 1.08. The predicted molar refractivity (Wildman–Crippen MR) is 71.8 cm³/mol. The highest BCUT2D eigenvalue weighted by Crippen LogP contribution is 2.16. The second kappa shape index (κ2) is 5.86. The third kappa shape index (κ3) is 3.34. The van der Waals surface area contributed by atoms with Crippen molar-refractivity contribution in [2.24, 2.45) is 0 Å². The molecule has 0 aliphatic carbocycles. The number of nitrogens with zero attached hydrogens (tertiary/aromatic N) is 1. The topological polar surface area (TPSA) is 68.2 Å². The maximum atomic E-state index is 11.6. The number of carbonyl (C=O) groups is 1. The molecular formula is C11H17ClN2O3S. The Morgan fingerprint density at radius 1 is 1.44 bits per heavy atom. The first-order valence-electron chi connectivity index (χ1n) is 5.49. The fourth-order valence-electron chi connectivity index (χ4n) is 1.81.